The number of nitrogens with one attached hydrogen (secondary N) is 1. The standard InChI is InChI=1S/C20H22FN5O2/c1-28-20-24-10-17(21)19(25-20)26-11-15-14(16(15)12-26)6-8-23-18(27)5-4-13-3-2-7-22-9-13/h2-5,7,9-10,14-16H,6,8,11-12H2,1H3,(H,23,27)/b5-4+/t14?,15-,16+. The lowest BCUT2D eigenvalue weighted by atomic mass is 10.2. The van der Waals surface area contributed by atoms with E-state index in [2.05, 4.69) is 20.3 Å². The first-order valence-electron chi connectivity index (χ1n) is 9.33. The van der Waals surface area contributed by atoms with E-state index in [4.69, 9.17) is 4.74 Å². The second-order valence-electron chi connectivity index (χ2n) is 7.12. The number of anilines is 1. The van der Waals surface area contributed by atoms with Gasteiger partial charge in [-0.05, 0) is 41.9 Å². The number of aromatic nitrogens is 3. The first kappa shape index (κ1) is 18.3. The molecule has 3 heterocycles. The van der Waals surface area contributed by atoms with Gasteiger partial charge in [-0.25, -0.2) is 9.37 Å². The fourth-order valence-corrected chi connectivity index (χ4v) is 3.98. The van der Waals surface area contributed by atoms with Gasteiger partial charge in [0.25, 0.3) is 0 Å². The Kier molecular flexibility index (Phi) is 5.18. The highest BCUT2D eigenvalue weighted by Crippen LogP contribution is 2.54. The number of fused-ring (bicyclic) bond motifs is 1. The van der Waals surface area contributed by atoms with Crippen molar-refractivity contribution in [3.8, 4) is 6.01 Å². The molecule has 0 bridgehead atoms. The fourth-order valence-electron chi connectivity index (χ4n) is 3.98. The van der Waals surface area contributed by atoms with Crippen molar-refractivity contribution in [1.29, 1.82) is 0 Å². The number of carbonyl (C=O) groups is 1. The van der Waals surface area contributed by atoms with Crippen LogP contribution in [-0.2, 0) is 4.79 Å². The number of rotatable bonds is 7. The number of methoxy groups -OCH3 is 1. The van der Waals surface area contributed by atoms with Crippen LogP contribution < -0.4 is 15.0 Å². The topological polar surface area (TPSA) is 80.2 Å². The minimum absolute atomic E-state index is 0.105. The van der Waals surface area contributed by atoms with E-state index >= 15 is 0 Å². The molecular weight excluding hydrogens is 361 g/mol. The van der Waals surface area contributed by atoms with Crippen LogP contribution in [0.3, 0.4) is 0 Å². The highest BCUT2D eigenvalue weighted by molar-refractivity contribution is 5.91. The van der Waals surface area contributed by atoms with Crippen LogP contribution in [0.2, 0.25) is 0 Å². The SMILES string of the molecule is COc1ncc(F)c(N2C[C@@H]3C(CCNC(=O)/C=C/c4cccnc4)[C@@H]3C2)n1. The maximum atomic E-state index is 14.0. The second-order valence-corrected chi connectivity index (χ2v) is 7.12. The van der Waals surface area contributed by atoms with Crippen molar-refractivity contribution < 1.29 is 13.9 Å². The monoisotopic (exact) mass is 383 g/mol. The third-order valence-corrected chi connectivity index (χ3v) is 5.45. The van der Waals surface area contributed by atoms with E-state index in [0.717, 1.165) is 31.3 Å². The van der Waals surface area contributed by atoms with Crippen molar-refractivity contribution in [2.75, 3.05) is 31.6 Å². The molecule has 8 heteroatoms. The quantitative estimate of drug-likeness (QED) is 0.736. The number of amides is 1. The van der Waals surface area contributed by atoms with Crippen LogP contribution in [-0.4, -0.2) is 47.6 Å². The minimum Gasteiger partial charge on any atom is -0.467 e. The Labute approximate surface area is 162 Å². The van der Waals surface area contributed by atoms with Crippen LogP contribution in [0.15, 0.2) is 36.8 Å². The molecule has 7 nitrogen and oxygen atoms in total. The second kappa shape index (κ2) is 7.92. The number of piperidine rings is 1. The maximum Gasteiger partial charge on any atom is 0.318 e. The number of pyridine rings is 1. The maximum absolute atomic E-state index is 14.0. The van der Waals surface area contributed by atoms with Gasteiger partial charge in [-0.15, -0.1) is 0 Å². The van der Waals surface area contributed by atoms with Crippen molar-refractivity contribution in [2.45, 2.75) is 6.42 Å². The Bertz CT molecular complexity index is 864. The molecule has 1 saturated heterocycles. The highest BCUT2D eigenvalue weighted by Gasteiger charge is 2.55. The Morgan fingerprint density at radius 2 is 2.21 bits per heavy atom. The van der Waals surface area contributed by atoms with Crippen LogP contribution in [0.25, 0.3) is 6.08 Å². The Hall–Kier alpha value is -3.03. The van der Waals surface area contributed by atoms with Gasteiger partial charge in [0.15, 0.2) is 11.6 Å². The lowest BCUT2D eigenvalue weighted by Crippen LogP contribution is -2.28. The summed E-state index contributed by atoms with van der Waals surface area (Å²) in [5.41, 5.74) is 0.892. The Morgan fingerprint density at radius 1 is 1.39 bits per heavy atom. The molecule has 0 radical (unpaired) electrons. The summed E-state index contributed by atoms with van der Waals surface area (Å²) in [6, 6.07) is 3.90. The molecule has 1 aliphatic carbocycles. The molecule has 0 spiro atoms. The molecule has 0 aromatic carbocycles. The molecule has 146 valence electrons. The first-order valence-corrected chi connectivity index (χ1v) is 9.33. The zero-order valence-corrected chi connectivity index (χ0v) is 15.6. The summed E-state index contributed by atoms with van der Waals surface area (Å²) in [6.07, 6.45) is 8.76. The summed E-state index contributed by atoms with van der Waals surface area (Å²) in [7, 11) is 1.47. The lowest BCUT2D eigenvalue weighted by Gasteiger charge is -2.21. The van der Waals surface area contributed by atoms with E-state index in [1.54, 1.807) is 18.5 Å². The van der Waals surface area contributed by atoms with Crippen LogP contribution in [0, 0.1) is 23.6 Å². The van der Waals surface area contributed by atoms with E-state index in [1.165, 1.54) is 13.2 Å². The van der Waals surface area contributed by atoms with E-state index < -0.39 is 5.82 Å². The third kappa shape index (κ3) is 3.95. The van der Waals surface area contributed by atoms with Crippen molar-refractivity contribution in [3.63, 3.8) is 0 Å². The van der Waals surface area contributed by atoms with Crippen LogP contribution in [0.4, 0.5) is 10.2 Å². The van der Waals surface area contributed by atoms with Crippen molar-refractivity contribution in [1.82, 2.24) is 20.3 Å². The van der Waals surface area contributed by atoms with Crippen LogP contribution >= 0.6 is 0 Å². The first-order chi connectivity index (χ1) is 13.7. The van der Waals surface area contributed by atoms with Gasteiger partial charge in [-0.2, -0.15) is 4.98 Å². The largest absolute Gasteiger partial charge is 0.467 e. The third-order valence-electron chi connectivity index (χ3n) is 5.45. The van der Waals surface area contributed by atoms with E-state index in [9.17, 15) is 9.18 Å². The number of ether oxygens (including phenoxy) is 1. The van der Waals surface area contributed by atoms with E-state index in [1.807, 2.05) is 17.0 Å². The molecule has 2 aromatic heterocycles. The van der Waals surface area contributed by atoms with Gasteiger partial charge in [0.1, 0.15) is 0 Å². The Morgan fingerprint density at radius 3 is 2.93 bits per heavy atom. The Balaban J connectivity index is 1.21. The zero-order valence-electron chi connectivity index (χ0n) is 15.6. The van der Waals surface area contributed by atoms with Gasteiger partial charge >= 0.3 is 6.01 Å². The summed E-state index contributed by atoms with van der Waals surface area (Å²) in [4.78, 5) is 25.8. The number of halogens is 1. The van der Waals surface area contributed by atoms with Crippen molar-refractivity contribution in [2.24, 2.45) is 17.8 Å². The zero-order chi connectivity index (χ0) is 19.5. The van der Waals surface area contributed by atoms with E-state index in [0.29, 0.717) is 30.1 Å². The molecule has 1 saturated carbocycles. The number of hydrogen-bond donors (Lipinski definition) is 1. The molecule has 1 N–H and O–H groups in total. The summed E-state index contributed by atoms with van der Waals surface area (Å²) >= 11 is 0. The molecular formula is C20H22FN5O2. The van der Waals surface area contributed by atoms with Crippen LogP contribution in [0.1, 0.15) is 12.0 Å². The molecule has 1 aliphatic heterocycles. The van der Waals surface area contributed by atoms with Crippen LogP contribution in [0.5, 0.6) is 6.01 Å². The smallest absolute Gasteiger partial charge is 0.318 e. The van der Waals surface area contributed by atoms with Gasteiger partial charge in [0.2, 0.25) is 5.91 Å². The molecule has 2 fully saturated rings. The van der Waals surface area contributed by atoms with Crippen molar-refractivity contribution in [3.05, 3.63) is 48.2 Å². The minimum atomic E-state index is -0.425. The molecule has 2 aliphatic rings. The van der Waals surface area contributed by atoms with Gasteiger partial charge in [-0.3, -0.25) is 9.78 Å². The normalized spacial score (nSPS) is 22.9. The summed E-state index contributed by atoms with van der Waals surface area (Å²) < 4.78 is 19.0. The summed E-state index contributed by atoms with van der Waals surface area (Å²) in [6.45, 7) is 2.20. The number of nitrogens with zero attached hydrogens (tertiary/aromatic N) is 4. The van der Waals surface area contributed by atoms with Gasteiger partial charge < -0.3 is 15.0 Å². The van der Waals surface area contributed by atoms with Crippen molar-refractivity contribution >= 4 is 17.8 Å². The van der Waals surface area contributed by atoms with E-state index in [-0.39, 0.29) is 11.9 Å². The highest BCUT2D eigenvalue weighted by atomic mass is 19.1. The average molecular weight is 383 g/mol. The molecule has 2 aromatic rings. The number of carbonyl (C=O) groups excluding carboxylic acids is 1. The fraction of sp³-hybridized carbons (Fsp3) is 0.400. The molecule has 3 atom stereocenters. The molecule has 28 heavy (non-hydrogen) atoms. The summed E-state index contributed by atoms with van der Waals surface area (Å²) in [5, 5.41) is 2.92. The molecule has 1 amide bonds. The number of hydrogen-bond acceptors (Lipinski definition) is 6. The summed E-state index contributed by atoms with van der Waals surface area (Å²) in [5.74, 6) is 1.42. The molecule has 4 rings (SSSR count). The average Bonchev–Trinajstić information content (AvgIpc) is 3.16. The predicted octanol–water partition coefficient (Wildman–Crippen LogP) is 1.92. The molecule has 1 unspecified atom stereocenters. The lowest BCUT2D eigenvalue weighted by molar-refractivity contribution is -0.116. The van der Waals surface area contributed by atoms with Gasteiger partial charge in [0, 0.05) is 38.1 Å². The van der Waals surface area contributed by atoms with Gasteiger partial charge in [-0.1, -0.05) is 6.07 Å². The van der Waals surface area contributed by atoms with Gasteiger partial charge in [0.05, 0.1) is 13.3 Å². The predicted molar refractivity (Wildman–Crippen MR) is 102 cm³/mol.